The third-order valence-corrected chi connectivity index (χ3v) is 2.45. The number of aromatic nitrogens is 3. The summed E-state index contributed by atoms with van der Waals surface area (Å²) in [5, 5.41) is 4.08. The molecule has 2 rings (SSSR count). The van der Waals surface area contributed by atoms with E-state index >= 15 is 0 Å². The van der Waals surface area contributed by atoms with Gasteiger partial charge < -0.3 is 4.57 Å². The van der Waals surface area contributed by atoms with Crippen LogP contribution in [-0.2, 0) is 13.6 Å². The molecule has 0 radical (unpaired) electrons. The molecule has 0 atom stereocenters. The standard InChI is InChI=1S/C11H13N3O/c1-9-5-6-12-14(9)8-11(15)10-4-3-7-13(10)2/h3-7H,8H2,1-2H3. The molecule has 0 spiro atoms. The molecule has 0 aliphatic rings. The molecule has 78 valence electrons. The van der Waals surface area contributed by atoms with E-state index in [4.69, 9.17) is 0 Å². The molecule has 0 N–H and O–H groups in total. The Morgan fingerprint density at radius 1 is 1.47 bits per heavy atom. The topological polar surface area (TPSA) is 39.8 Å². The second kappa shape index (κ2) is 3.73. The van der Waals surface area contributed by atoms with Gasteiger partial charge in [0.2, 0.25) is 5.78 Å². The van der Waals surface area contributed by atoms with Crippen LogP contribution in [0.1, 0.15) is 16.2 Å². The molecular formula is C11H13N3O. The maximum absolute atomic E-state index is 11.9. The quantitative estimate of drug-likeness (QED) is 0.708. The van der Waals surface area contributed by atoms with Crippen LogP contribution in [0, 0.1) is 6.92 Å². The Bertz CT molecular complexity index is 481. The van der Waals surface area contributed by atoms with Gasteiger partial charge in [0.05, 0.1) is 5.69 Å². The molecule has 0 aliphatic heterocycles. The average molecular weight is 203 g/mol. The lowest BCUT2D eigenvalue weighted by Crippen LogP contribution is -2.15. The van der Waals surface area contributed by atoms with Crippen molar-refractivity contribution < 1.29 is 4.79 Å². The van der Waals surface area contributed by atoms with Crippen molar-refractivity contribution >= 4 is 5.78 Å². The van der Waals surface area contributed by atoms with Gasteiger partial charge in [-0.25, -0.2) is 0 Å². The molecule has 2 aromatic heterocycles. The second-order valence-corrected chi connectivity index (χ2v) is 3.56. The van der Waals surface area contributed by atoms with E-state index < -0.39 is 0 Å². The predicted octanol–water partition coefficient (Wildman–Crippen LogP) is 1.41. The van der Waals surface area contributed by atoms with E-state index in [0.29, 0.717) is 12.2 Å². The molecule has 0 amide bonds. The van der Waals surface area contributed by atoms with Crippen molar-refractivity contribution in [3.63, 3.8) is 0 Å². The van der Waals surface area contributed by atoms with Crippen molar-refractivity contribution in [1.82, 2.24) is 14.3 Å². The Hall–Kier alpha value is -1.84. The number of ketones is 1. The molecular weight excluding hydrogens is 190 g/mol. The van der Waals surface area contributed by atoms with Crippen molar-refractivity contribution in [3.8, 4) is 0 Å². The zero-order chi connectivity index (χ0) is 10.8. The van der Waals surface area contributed by atoms with E-state index in [0.717, 1.165) is 5.69 Å². The lowest BCUT2D eigenvalue weighted by Gasteiger charge is -2.04. The van der Waals surface area contributed by atoms with Gasteiger partial charge >= 0.3 is 0 Å². The third-order valence-electron chi connectivity index (χ3n) is 2.45. The Kier molecular flexibility index (Phi) is 2.41. The summed E-state index contributed by atoms with van der Waals surface area (Å²) < 4.78 is 3.52. The highest BCUT2D eigenvalue weighted by molar-refractivity contribution is 5.94. The summed E-state index contributed by atoms with van der Waals surface area (Å²) in [6, 6.07) is 5.57. The zero-order valence-electron chi connectivity index (χ0n) is 8.84. The van der Waals surface area contributed by atoms with Crippen molar-refractivity contribution in [2.75, 3.05) is 0 Å². The average Bonchev–Trinajstić information content (AvgIpc) is 2.76. The largest absolute Gasteiger partial charge is 0.348 e. The molecule has 0 fully saturated rings. The first-order valence-corrected chi connectivity index (χ1v) is 4.81. The minimum Gasteiger partial charge on any atom is -0.348 e. The fourth-order valence-electron chi connectivity index (χ4n) is 1.53. The fourth-order valence-corrected chi connectivity index (χ4v) is 1.53. The maximum atomic E-state index is 11.9. The molecule has 0 aliphatic carbocycles. The molecule has 2 heterocycles. The first kappa shape index (κ1) is 9.71. The first-order valence-electron chi connectivity index (χ1n) is 4.81. The van der Waals surface area contributed by atoms with Gasteiger partial charge in [0, 0.05) is 25.1 Å². The van der Waals surface area contributed by atoms with Crippen molar-refractivity contribution in [2.24, 2.45) is 7.05 Å². The van der Waals surface area contributed by atoms with E-state index in [-0.39, 0.29) is 5.78 Å². The lowest BCUT2D eigenvalue weighted by atomic mass is 10.3. The Morgan fingerprint density at radius 2 is 2.27 bits per heavy atom. The van der Waals surface area contributed by atoms with Crippen LogP contribution in [0.5, 0.6) is 0 Å². The van der Waals surface area contributed by atoms with E-state index in [1.807, 2.05) is 42.9 Å². The number of hydrogen-bond acceptors (Lipinski definition) is 2. The van der Waals surface area contributed by atoms with Crippen molar-refractivity contribution in [1.29, 1.82) is 0 Å². The number of nitrogens with zero attached hydrogens (tertiary/aromatic N) is 3. The van der Waals surface area contributed by atoms with Gasteiger partial charge in [-0.3, -0.25) is 9.48 Å². The van der Waals surface area contributed by atoms with Crippen LogP contribution in [0.3, 0.4) is 0 Å². The number of carbonyl (C=O) groups excluding carboxylic acids is 1. The van der Waals surface area contributed by atoms with Gasteiger partial charge in [-0.15, -0.1) is 0 Å². The lowest BCUT2D eigenvalue weighted by molar-refractivity contribution is 0.0959. The molecule has 0 unspecified atom stereocenters. The van der Waals surface area contributed by atoms with Gasteiger partial charge in [-0.2, -0.15) is 5.10 Å². The summed E-state index contributed by atoms with van der Waals surface area (Å²) in [5.74, 6) is 0.0781. The molecule has 0 saturated carbocycles. The Labute approximate surface area is 88.1 Å². The maximum Gasteiger partial charge on any atom is 0.200 e. The summed E-state index contributed by atoms with van der Waals surface area (Å²) in [6.07, 6.45) is 3.57. The number of Topliss-reactive ketones (excluding diaryl/α,β-unsaturated/α-hetero) is 1. The molecule has 15 heavy (non-hydrogen) atoms. The van der Waals surface area contributed by atoms with Crippen molar-refractivity contribution in [3.05, 3.63) is 42.0 Å². The fraction of sp³-hybridized carbons (Fsp3) is 0.273. The summed E-state index contributed by atoms with van der Waals surface area (Å²) >= 11 is 0. The molecule has 0 bridgehead atoms. The van der Waals surface area contributed by atoms with Crippen LogP contribution in [0.2, 0.25) is 0 Å². The van der Waals surface area contributed by atoms with E-state index in [1.54, 1.807) is 10.9 Å². The second-order valence-electron chi connectivity index (χ2n) is 3.56. The number of carbonyl (C=O) groups is 1. The predicted molar refractivity (Wildman–Crippen MR) is 56.7 cm³/mol. The first-order chi connectivity index (χ1) is 7.18. The van der Waals surface area contributed by atoms with Crippen LogP contribution in [0.25, 0.3) is 0 Å². The number of aryl methyl sites for hydroxylation is 2. The van der Waals surface area contributed by atoms with Crippen LogP contribution < -0.4 is 0 Å². The van der Waals surface area contributed by atoms with Gasteiger partial charge in [-0.05, 0) is 25.1 Å². The van der Waals surface area contributed by atoms with Crippen LogP contribution in [-0.4, -0.2) is 20.1 Å². The van der Waals surface area contributed by atoms with E-state index in [2.05, 4.69) is 5.10 Å². The summed E-state index contributed by atoms with van der Waals surface area (Å²) in [5.41, 5.74) is 1.71. The number of hydrogen-bond donors (Lipinski definition) is 0. The summed E-state index contributed by atoms with van der Waals surface area (Å²) in [7, 11) is 1.86. The van der Waals surface area contributed by atoms with Gasteiger partial charge in [0.25, 0.3) is 0 Å². The highest BCUT2D eigenvalue weighted by Crippen LogP contribution is 2.04. The van der Waals surface area contributed by atoms with Crippen LogP contribution in [0.4, 0.5) is 0 Å². The molecule has 0 aromatic carbocycles. The van der Waals surface area contributed by atoms with Gasteiger partial charge in [0.1, 0.15) is 6.54 Å². The Morgan fingerprint density at radius 3 is 2.80 bits per heavy atom. The summed E-state index contributed by atoms with van der Waals surface area (Å²) in [6.45, 7) is 2.24. The minimum absolute atomic E-state index is 0.0781. The highest BCUT2D eigenvalue weighted by atomic mass is 16.1. The Balaban J connectivity index is 2.18. The van der Waals surface area contributed by atoms with Gasteiger partial charge in [-0.1, -0.05) is 0 Å². The third kappa shape index (κ3) is 1.83. The zero-order valence-corrected chi connectivity index (χ0v) is 8.84. The van der Waals surface area contributed by atoms with E-state index in [9.17, 15) is 4.79 Å². The normalized spacial score (nSPS) is 10.5. The van der Waals surface area contributed by atoms with Crippen LogP contribution >= 0.6 is 0 Å². The molecule has 0 saturated heterocycles. The van der Waals surface area contributed by atoms with Crippen LogP contribution in [0.15, 0.2) is 30.6 Å². The minimum atomic E-state index is 0.0781. The molecule has 2 aromatic rings. The summed E-state index contributed by atoms with van der Waals surface area (Å²) in [4.78, 5) is 11.9. The van der Waals surface area contributed by atoms with Gasteiger partial charge in [0.15, 0.2) is 0 Å². The van der Waals surface area contributed by atoms with Crippen molar-refractivity contribution in [2.45, 2.75) is 13.5 Å². The highest BCUT2D eigenvalue weighted by Gasteiger charge is 2.10. The molecule has 4 heteroatoms. The smallest absolute Gasteiger partial charge is 0.200 e. The van der Waals surface area contributed by atoms with E-state index in [1.165, 1.54) is 0 Å². The number of rotatable bonds is 3. The monoisotopic (exact) mass is 203 g/mol. The molecule has 4 nitrogen and oxygen atoms in total. The SMILES string of the molecule is Cc1ccnn1CC(=O)c1cccn1C.